The van der Waals surface area contributed by atoms with E-state index in [0.717, 1.165) is 19.5 Å². The first kappa shape index (κ1) is 11.4. The van der Waals surface area contributed by atoms with E-state index in [1.807, 2.05) is 6.07 Å². The first-order chi connectivity index (χ1) is 5.61. The molecule has 0 aromatic rings. The summed E-state index contributed by atoms with van der Waals surface area (Å²) < 4.78 is 0. The van der Waals surface area contributed by atoms with E-state index in [4.69, 9.17) is 11.0 Å². The predicted molar refractivity (Wildman–Crippen MR) is 50.6 cm³/mol. The molecule has 1 atom stereocenters. The minimum absolute atomic E-state index is 0.308. The topological polar surface area (TPSA) is 53.0 Å². The Morgan fingerprint density at radius 3 is 2.42 bits per heavy atom. The van der Waals surface area contributed by atoms with Gasteiger partial charge in [0.15, 0.2) is 0 Å². The molecule has 3 nitrogen and oxygen atoms in total. The molecule has 70 valence electrons. The third-order valence-corrected chi connectivity index (χ3v) is 2.03. The fourth-order valence-corrected chi connectivity index (χ4v) is 1.15. The normalized spacial score (nSPS) is 13.4. The number of nitriles is 1. The van der Waals surface area contributed by atoms with E-state index in [0.29, 0.717) is 6.04 Å². The van der Waals surface area contributed by atoms with Crippen LogP contribution >= 0.6 is 0 Å². The SMILES string of the molecule is CCN(CCC(N)C#N)C(C)C. The molecule has 0 aromatic carbocycles. The van der Waals surface area contributed by atoms with Crippen LogP contribution in [0.5, 0.6) is 0 Å². The lowest BCUT2D eigenvalue weighted by molar-refractivity contribution is 0.229. The van der Waals surface area contributed by atoms with Crippen LogP contribution in [0.2, 0.25) is 0 Å². The van der Waals surface area contributed by atoms with Crippen molar-refractivity contribution in [2.75, 3.05) is 13.1 Å². The second kappa shape index (κ2) is 5.99. The van der Waals surface area contributed by atoms with E-state index < -0.39 is 0 Å². The highest BCUT2D eigenvalue weighted by Gasteiger charge is 2.08. The molecule has 2 N–H and O–H groups in total. The molecular weight excluding hydrogens is 150 g/mol. The molecule has 0 aliphatic rings. The van der Waals surface area contributed by atoms with Crippen molar-refractivity contribution >= 4 is 0 Å². The van der Waals surface area contributed by atoms with Crippen LogP contribution in [0, 0.1) is 11.3 Å². The van der Waals surface area contributed by atoms with Gasteiger partial charge in [-0.25, -0.2) is 0 Å². The van der Waals surface area contributed by atoms with Crippen LogP contribution in [0.4, 0.5) is 0 Å². The van der Waals surface area contributed by atoms with Crippen molar-refractivity contribution < 1.29 is 0 Å². The summed E-state index contributed by atoms with van der Waals surface area (Å²) in [6.07, 6.45) is 0.766. The Balaban J connectivity index is 3.67. The van der Waals surface area contributed by atoms with Gasteiger partial charge in [0.25, 0.3) is 0 Å². The lowest BCUT2D eigenvalue weighted by Gasteiger charge is -2.24. The molecule has 1 unspecified atom stereocenters. The first-order valence-corrected chi connectivity index (χ1v) is 4.51. The van der Waals surface area contributed by atoms with Crippen LogP contribution in [0.3, 0.4) is 0 Å². The molecule has 0 spiro atoms. The average Bonchev–Trinajstić information content (AvgIpc) is 2.04. The molecule has 0 fully saturated rings. The first-order valence-electron chi connectivity index (χ1n) is 4.51. The molecule has 3 heteroatoms. The van der Waals surface area contributed by atoms with Crippen molar-refractivity contribution in [1.82, 2.24) is 4.90 Å². The minimum atomic E-state index is -0.308. The van der Waals surface area contributed by atoms with Gasteiger partial charge in [0.1, 0.15) is 0 Å². The van der Waals surface area contributed by atoms with Crippen molar-refractivity contribution in [1.29, 1.82) is 5.26 Å². The fraction of sp³-hybridized carbons (Fsp3) is 0.889. The van der Waals surface area contributed by atoms with Crippen LogP contribution < -0.4 is 5.73 Å². The minimum Gasteiger partial charge on any atom is -0.316 e. The van der Waals surface area contributed by atoms with Gasteiger partial charge in [-0.05, 0) is 26.8 Å². The Kier molecular flexibility index (Phi) is 5.69. The Bertz CT molecular complexity index is 148. The van der Waals surface area contributed by atoms with E-state index >= 15 is 0 Å². The summed E-state index contributed by atoms with van der Waals surface area (Å²) in [7, 11) is 0. The van der Waals surface area contributed by atoms with Crippen LogP contribution in [-0.2, 0) is 0 Å². The highest BCUT2D eigenvalue weighted by atomic mass is 15.1. The summed E-state index contributed by atoms with van der Waals surface area (Å²) in [5.74, 6) is 0. The summed E-state index contributed by atoms with van der Waals surface area (Å²) in [5, 5.41) is 8.47. The summed E-state index contributed by atoms with van der Waals surface area (Å²) in [6.45, 7) is 8.37. The zero-order valence-corrected chi connectivity index (χ0v) is 8.25. The van der Waals surface area contributed by atoms with Gasteiger partial charge in [0.05, 0.1) is 12.1 Å². The number of nitrogens with two attached hydrogens (primary N) is 1. The van der Waals surface area contributed by atoms with Gasteiger partial charge in [-0.2, -0.15) is 5.26 Å². The maximum Gasteiger partial charge on any atom is 0.0940 e. The van der Waals surface area contributed by atoms with E-state index in [-0.39, 0.29) is 6.04 Å². The molecule has 0 radical (unpaired) electrons. The van der Waals surface area contributed by atoms with Crippen molar-refractivity contribution in [2.45, 2.75) is 39.3 Å². The Labute approximate surface area is 75.2 Å². The Morgan fingerprint density at radius 2 is 2.08 bits per heavy atom. The number of nitrogens with zero attached hydrogens (tertiary/aromatic N) is 2. The van der Waals surface area contributed by atoms with Gasteiger partial charge in [0, 0.05) is 12.6 Å². The molecule has 0 aromatic heterocycles. The smallest absolute Gasteiger partial charge is 0.0940 e. The van der Waals surface area contributed by atoms with Gasteiger partial charge in [-0.3, -0.25) is 0 Å². The second-order valence-corrected chi connectivity index (χ2v) is 3.25. The highest BCUT2D eigenvalue weighted by molar-refractivity contribution is 4.86. The standard InChI is InChI=1S/C9H19N3/c1-4-12(8(2)3)6-5-9(11)7-10/h8-9H,4-6,11H2,1-3H3. The maximum atomic E-state index is 8.47. The lowest BCUT2D eigenvalue weighted by atomic mass is 10.2. The van der Waals surface area contributed by atoms with E-state index in [1.165, 1.54) is 0 Å². The molecule has 0 saturated heterocycles. The Hall–Kier alpha value is -0.590. The highest BCUT2D eigenvalue weighted by Crippen LogP contribution is 1.99. The van der Waals surface area contributed by atoms with E-state index in [1.54, 1.807) is 0 Å². The molecule has 12 heavy (non-hydrogen) atoms. The maximum absolute atomic E-state index is 8.47. The molecule has 0 saturated carbocycles. The molecule has 0 aliphatic carbocycles. The predicted octanol–water partition coefficient (Wildman–Crippen LogP) is 0.958. The molecule has 0 heterocycles. The van der Waals surface area contributed by atoms with Crippen LogP contribution in [0.25, 0.3) is 0 Å². The molecule has 0 amide bonds. The van der Waals surface area contributed by atoms with Gasteiger partial charge in [-0.1, -0.05) is 6.92 Å². The zero-order chi connectivity index (χ0) is 9.56. The van der Waals surface area contributed by atoms with Crippen LogP contribution in [0.15, 0.2) is 0 Å². The van der Waals surface area contributed by atoms with Crippen molar-refractivity contribution in [3.05, 3.63) is 0 Å². The number of rotatable bonds is 5. The average molecular weight is 169 g/mol. The van der Waals surface area contributed by atoms with Crippen LogP contribution in [-0.4, -0.2) is 30.1 Å². The lowest BCUT2D eigenvalue weighted by Crippen LogP contribution is -2.34. The van der Waals surface area contributed by atoms with E-state index in [9.17, 15) is 0 Å². The molecule has 0 bridgehead atoms. The number of hydrogen-bond donors (Lipinski definition) is 1. The van der Waals surface area contributed by atoms with Gasteiger partial charge in [0.2, 0.25) is 0 Å². The zero-order valence-electron chi connectivity index (χ0n) is 8.25. The van der Waals surface area contributed by atoms with Gasteiger partial charge < -0.3 is 10.6 Å². The summed E-state index contributed by atoms with van der Waals surface area (Å²) in [4.78, 5) is 2.30. The van der Waals surface area contributed by atoms with Crippen molar-refractivity contribution in [3.63, 3.8) is 0 Å². The molecule has 0 aliphatic heterocycles. The third kappa shape index (κ3) is 4.32. The quantitative estimate of drug-likeness (QED) is 0.667. The molecular formula is C9H19N3. The second-order valence-electron chi connectivity index (χ2n) is 3.25. The summed E-state index contributed by atoms with van der Waals surface area (Å²) >= 11 is 0. The molecule has 0 rings (SSSR count). The van der Waals surface area contributed by atoms with Crippen molar-refractivity contribution in [3.8, 4) is 6.07 Å². The summed E-state index contributed by atoms with van der Waals surface area (Å²) in [6, 6.07) is 2.27. The third-order valence-electron chi connectivity index (χ3n) is 2.03. The largest absolute Gasteiger partial charge is 0.316 e. The fourth-order valence-electron chi connectivity index (χ4n) is 1.15. The van der Waals surface area contributed by atoms with Crippen molar-refractivity contribution in [2.24, 2.45) is 5.73 Å². The van der Waals surface area contributed by atoms with Gasteiger partial charge >= 0.3 is 0 Å². The Morgan fingerprint density at radius 1 is 1.50 bits per heavy atom. The van der Waals surface area contributed by atoms with Gasteiger partial charge in [-0.15, -0.1) is 0 Å². The monoisotopic (exact) mass is 169 g/mol. The number of hydrogen-bond acceptors (Lipinski definition) is 3. The summed E-state index contributed by atoms with van der Waals surface area (Å²) in [5.41, 5.74) is 5.49. The van der Waals surface area contributed by atoms with Crippen LogP contribution in [0.1, 0.15) is 27.2 Å². The van der Waals surface area contributed by atoms with E-state index in [2.05, 4.69) is 25.7 Å².